The molecule has 0 aromatic carbocycles. The Labute approximate surface area is 384 Å². The molecule has 0 amide bonds. The van der Waals surface area contributed by atoms with Gasteiger partial charge in [-0.3, -0.25) is 14.2 Å². The zero-order chi connectivity index (χ0) is 45.7. The first kappa shape index (κ1) is 61.0. The topological polar surface area (TPSA) is 111 Å². The van der Waals surface area contributed by atoms with Crippen LogP contribution in [0.15, 0.2) is 0 Å². The summed E-state index contributed by atoms with van der Waals surface area (Å²) in [7, 11) is 1.19. The maximum Gasteiger partial charge on any atom is 0.306 e. The molecule has 370 valence electrons. The molecule has 0 rings (SSSR count). The van der Waals surface area contributed by atoms with Gasteiger partial charge in [-0.05, 0) is 12.8 Å². The molecule has 0 aliphatic rings. The highest BCUT2D eigenvalue weighted by Crippen LogP contribution is 2.38. The van der Waals surface area contributed by atoms with E-state index in [0.29, 0.717) is 17.4 Å². The highest BCUT2D eigenvalue weighted by atomic mass is 31.2. The molecule has 0 aliphatic carbocycles. The zero-order valence-corrected chi connectivity index (χ0v) is 42.7. The highest BCUT2D eigenvalue weighted by molar-refractivity contribution is 7.45. The molecule has 0 aromatic heterocycles. The predicted molar refractivity (Wildman–Crippen MR) is 259 cm³/mol. The van der Waals surface area contributed by atoms with Gasteiger partial charge in [-0.25, -0.2) is 0 Å². The molecular formula is C52H104NO8P. The first-order valence-electron chi connectivity index (χ1n) is 26.7. The summed E-state index contributed by atoms with van der Waals surface area (Å²) >= 11 is 0. The van der Waals surface area contributed by atoms with E-state index in [9.17, 15) is 19.0 Å². The molecular weight excluding hydrogens is 798 g/mol. The van der Waals surface area contributed by atoms with Crippen molar-refractivity contribution in [2.75, 3.05) is 47.5 Å². The monoisotopic (exact) mass is 902 g/mol. The number of nitrogens with zero attached hydrogens (tertiary/aromatic N) is 1. The number of carbonyl (C=O) groups excluding carboxylic acids is 2. The van der Waals surface area contributed by atoms with Gasteiger partial charge in [0.2, 0.25) is 0 Å². The number of carbonyl (C=O) groups is 2. The predicted octanol–water partition coefficient (Wildman–Crippen LogP) is 15.3. The van der Waals surface area contributed by atoms with E-state index in [4.69, 9.17) is 18.5 Å². The van der Waals surface area contributed by atoms with E-state index in [1.807, 2.05) is 21.1 Å². The second kappa shape index (κ2) is 45.2. The maximum absolute atomic E-state index is 12.8. The average molecular weight is 902 g/mol. The third kappa shape index (κ3) is 48.5. The van der Waals surface area contributed by atoms with Crippen LogP contribution in [-0.2, 0) is 32.7 Å². The number of likely N-dealkylation sites (N-methyl/N-ethyl adjacent to an activating group) is 1. The third-order valence-corrected chi connectivity index (χ3v) is 13.1. The molecule has 0 aliphatic heterocycles. The van der Waals surface area contributed by atoms with Crippen molar-refractivity contribution in [1.29, 1.82) is 0 Å². The Kier molecular flexibility index (Phi) is 44.5. The number of phosphoric ester groups is 1. The summed E-state index contributed by atoms with van der Waals surface area (Å²) in [4.78, 5) is 37.7. The third-order valence-electron chi connectivity index (χ3n) is 12.1. The van der Waals surface area contributed by atoms with Crippen LogP contribution in [0.2, 0.25) is 0 Å². The van der Waals surface area contributed by atoms with E-state index in [1.54, 1.807) is 0 Å². The Morgan fingerprint density at radius 1 is 0.435 bits per heavy atom. The number of hydrogen-bond donors (Lipinski definition) is 0. The first-order valence-corrected chi connectivity index (χ1v) is 28.2. The molecule has 10 heteroatoms. The normalized spacial score (nSPS) is 13.3. The van der Waals surface area contributed by atoms with E-state index in [2.05, 4.69) is 13.8 Å². The van der Waals surface area contributed by atoms with Gasteiger partial charge in [-0.2, -0.15) is 0 Å². The van der Waals surface area contributed by atoms with E-state index in [1.165, 1.54) is 205 Å². The van der Waals surface area contributed by atoms with Crippen molar-refractivity contribution in [1.82, 2.24) is 0 Å². The lowest BCUT2D eigenvalue weighted by Crippen LogP contribution is -2.37. The fraction of sp³-hybridized carbons (Fsp3) is 0.962. The fourth-order valence-electron chi connectivity index (χ4n) is 7.95. The SMILES string of the molecule is CCCCCCCCCCCCCCCCCCCCCCCCCC(=O)OC(COC(=O)CCCCCCCCCCCCCCCCC)COP(=O)([O-])OCC[N+](C)(C)C. The van der Waals surface area contributed by atoms with Crippen molar-refractivity contribution in [2.45, 2.75) is 277 Å². The molecule has 0 saturated carbocycles. The van der Waals surface area contributed by atoms with Crippen LogP contribution in [0.25, 0.3) is 0 Å². The quantitative estimate of drug-likeness (QED) is 0.0257. The summed E-state index contributed by atoms with van der Waals surface area (Å²) in [5.74, 6) is -0.813. The summed E-state index contributed by atoms with van der Waals surface area (Å²) in [6.45, 7) is 4.30. The van der Waals surface area contributed by atoms with Crippen LogP contribution >= 0.6 is 7.82 Å². The first-order chi connectivity index (χ1) is 30.0. The Hall–Kier alpha value is -0.990. The van der Waals surface area contributed by atoms with Gasteiger partial charge in [-0.15, -0.1) is 0 Å². The Balaban J connectivity index is 4.14. The van der Waals surface area contributed by atoms with Crippen molar-refractivity contribution in [2.24, 2.45) is 0 Å². The number of unbranched alkanes of at least 4 members (excludes halogenated alkanes) is 36. The van der Waals surface area contributed by atoms with Crippen LogP contribution in [0.5, 0.6) is 0 Å². The van der Waals surface area contributed by atoms with Crippen molar-refractivity contribution in [3.8, 4) is 0 Å². The summed E-state index contributed by atoms with van der Waals surface area (Å²) in [6, 6.07) is 0. The number of ether oxygens (including phenoxy) is 2. The minimum atomic E-state index is -4.62. The van der Waals surface area contributed by atoms with Gasteiger partial charge in [0.1, 0.15) is 19.8 Å². The Morgan fingerprint density at radius 2 is 0.726 bits per heavy atom. The number of rotatable bonds is 50. The number of hydrogen-bond acceptors (Lipinski definition) is 8. The standard InChI is InChI=1S/C52H104NO8P/c1-6-8-10-12-14-16-18-20-22-23-24-25-26-27-28-29-31-33-35-37-39-41-43-45-52(55)61-50(49-60-62(56,57)59-47-46-53(3,4)5)48-58-51(54)44-42-40-38-36-34-32-30-21-19-17-15-13-11-9-7-2/h50H,6-49H2,1-5H3. The Morgan fingerprint density at radius 3 is 1.03 bits per heavy atom. The number of phosphoric acid groups is 1. The largest absolute Gasteiger partial charge is 0.756 e. The molecule has 0 radical (unpaired) electrons. The molecule has 0 fully saturated rings. The average Bonchev–Trinajstić information content (AvgIpc) is 3.23. The lowest BCUT2D eigenvalue weighted by molar-refractivity contribution is -0.870. The smallest absolute Gasteiger partial charge is 0.306 e. The van der Waals surface area contributed by atoms with Gasteiger partial charge in [0.05, 0.1) is 27.7 Å². The lowest BCUT2D eigenvalue weighted by Gasteiger charge is -2.28. The van der Waals surface area contributed by atoms with E-state index in [-0.39, 0.29) is 32.0 Å². The summed E-state index contributed by atoms with van der Waals surface area (Å²) < 4.78 is 34.1. The van der Waals surface area contributed by atoms with Crippen molar-refractivity contribution >= 4 is 19.8 Å². The second-order valence-corrected chi connectivity index (χ2v) is 21.0. The maximum atomic E-state index is 12.8. The Bertz CT molecular complexity index is 1020. The molecule has 0 spiro atoms. The zero-order valence-electron chi connectivity index (χ0n) is 41.9. The summed E-state index contributed by atoms with van der Waals surface area (Å²) in [6.07, 6.45) is 48.5. The van der Waals surface area contributed by atoms with Crippen LogP contribution in [0.3, 0.4) is 0 Å². The molecule has 2 atom stereocenters. The van der Waals surface area contributed by atoms with Gasteiger partial charge in [0.15, 0.2) is 6.10 Å². The van der Waals surface area contributed by atoms with Gasteiger partial charge in [0.25, 0.3) is 7.82 Å². The van der Waals surface area contributed by atoms with Crippen LogP contribution in [-0.4, -0.2) is 70.0 Å². The molecule has 0 heterocycles. The van der Waals surface area contributed by atoms with Crippen LogP contribution in [0.1, 0.15) is 271 Å². The van der Waals surface area contributed by atoms with Gasteiger partial charge >= 0.3 is 11.9 Å². The fourth-order valence-corrected chi connectivity index (χ4v) is 8.68. The van der Waals surface area contributed by atoms with E-state index >= 15 is 0 Å². The van der Waals surface area contributed by atoms with Gasteiger partial charge in [-0.1, -0.05) is 245 Å². The highest BCUT2D eigenvalue weighted by Gasteiger charge is 2.21. The van der Waals surface area contributed by atoms with Crippen LogP contribution < -0.4 is 4.89 Å². The second-order valence-electron chi connectivity index (χ2n) is 19.6. The minimum Gasteiger partial charge on any atom is -0.756 e. The molecule has 62 heavy (non-hydrogen) atoms. The molecule has 0 aromatic rings. The van der Waals surface area contributed by atoms with Crippen molar-refractivity contribution in [3.05, 3.63) is 0 Å². The van der Waals surface area contributed by atoms with Crippen molar-refractivity contribution in [3.63, 3.8) is 0 Å². The number of quaternary nitrogens is 1. The van der Waals surface area contributed by atoms with Gasteiger partial charge < -0.3 is 27.9 Å². The molecule has 0 bridgehead atoms. The summed E-state index contributed by atoms with van der Waals surface area (Å²) in [5, 5.41) is 0. The summed E-state index contributed by atoms with van der Waals surface area (Å²) in [5.41, 5.74) is 0. The molecule has 9 nitrogen and oxygen atoms in total. The number of esters is 2. The van der Waals surface area contributed by atoms with Gasteiger partial charge in [0, 0.05) is 12.8 Å². The molecule has 0 saturated heterocycles. The minimum absolute atomic E-state index is 0.0253. The van der Waals surface area contributed by atoms with E-state index < -0.39 is 26.5 Å². The lowest BCUT2D eigenvalue weighted by atomic mass is 10.0. The van der Waals surface area contributed by atoms with E-state index in [0.717, 1.165) is 32.1 Å². The van der Waals surface area contributed by atoms with Crippen LogP contribution in [0.4, 0.5) is 0 Å². The van der Waals surface area contributed by atoms with Crippen molar-refractivity contribution < 1.29 is 42.1 Å². The molecule has 0 N–H and O–H groups in total. The molecule has 2 unspecified atom stereocenters. The van der Waals surface area contributed by atoms with Crippen LogP contribution in [0, 0.1) is 0 Å².